The minimum absolute atomic E-state index is 0.175. The van der Waals surface area contributed by atoms with E-state index in [2.05, 4.69) is 4.74 Å². The molecule has 0 N–H and O–H groups in total. The molecule has 2 rings (SSSR count). The van der Waals surface area contributed by atoms with Gasteiger partial charge in [-0.1, -0.05) is 41.4 Å². The van der Waals surface area contributed by atoms with Crippen molar-refractivity contribution in [1.82, 2.24) is 0 Å². The van der Waals surface area contributed by atoms with Gasteiger partial charge in [0.1, 0.15) is 0 Å². The van der Waals surface area contributed by atoms with Crippen LogP contribution >= 0.6 is 23.2 Å². The molecule has 2 aromatic rings. The summed E-state index contributed by atoms with van der Waals surface area (Å²) in [5.74, 6) is -0.305. The van der Waals surface area contributed by atoms with Gasteiger partial charge in [-0.15, -0.1) is 0 Å². The minimum Gasteiger partial charge on any atom is -0.469 e. The third kappa shape index (κ3) is 2.54. The Labute approximate surface area is 109 Å². The lowest BCUT2D eigenvalue weighted by atomic mass is 10.0. The molecule has 0 saturated heterocycles. The number of hydrogen-bond donors (Lipinski definition) is 0. The lowest BCUT2D eigenvalue weighted by Gasteiger charge is -2.07. The smallest absolute Gasteiger partial charge is 0.310 e. The number of ether oxygens (including phenoxy) is 1. The van der Waals surface area contributed by atoms with Gasteiger partial charge in [0.2, 0.25) is 0 Å². The Morgan fingerprint density at radius 3 is 2.71 bits per heavy atom. The van der Waals surface area contributed by atoms with Crippen LogP contribution < -0.4 is 0 Å². The third-order valence-corrected chi connectivity index (χ3v) is 3.24. The number of carbonyl (C=O) groups is 1. The summed E-state index contributed by atoms with van der Waals surface area (Å²) >= 11 is 12.1. The largest absolute Gasteiger partial charge is 0.469 e. The molecule has 0 aliphatic heterocycles. The topological polar surface area (TPSA) is 26.3 Å². The van der Waals surface area contributed by atoms with Gasteiger partial charge in [-0.2, -0.15) is 0 Å². The molecular weight excluding hydrogens is 259 g/mol. The number of hydrogen-bond acceptors (Lipinski definition) is 2. The summed E-state index contributed by atoms with van der Waals surface area (Å²) in [7, 11) is 1.36. The lowest BCUT2D eigenvalue weighted by Crippen LogP contribution is -2.04. The van der Waals surface area contributed by atoms with Crippen LogP contribution in [0.5, 0.6) is 0 Å². The van der Waals surface area contributed by atoms with Crippen molar-refractivity contribution < 1.29 is 9.53 Å². The summed E-state index contributed by atoms with van der Waals surface area (Å²) in [4.78, 5) is 11.2. The fourth-order valence-corrected chi connectivity index (χ4v) is 2.15. The molecule has 0 amide bonds. The highest BCUT2D eigenvalue weighted by Crippen LogP contribution is 2.29. The molecule has 0 aliphatic rings. The first-order valence-corrected chi connectivity index (χ1v) is 5.81. The van der Waals surface area contributed by atoms with Crippen LogP contribution in [0.4, 0.5) is 0 Å². The maximum atomic E-state index is 11.2. The molecule has 2 aromatic carbocycles. The predicted molar refractivity (Wildman–Crippen MR) is 69.7 cm³/mol. The van der Waals surface area contributed by atoms with Crippen molar-refractivity contribution in [3.63, 3.8) is 0 Å². The van der Waals surface area contributed by atoms with Crippen LogP contribution in [0.3, 0.4) is 0 Å². The first-order chi connectivity index (χ1) is 8.11. The quantitative estimate of drug-likeness (QED) is 0.774. The van der Waals surface area contributed by atoms with E-state index in [-0.39, 0.29) is 12.4 Å². The Kier molecular flexibility index (Phi) is 3.55. The Bertz CT molecular complexity index is 579. The van der Waals surface area contributed by atoms with Crippen LogP contribution in [-0.4, -0.2) is 13.1 Å². The molecule has 0 aliphatic carbocycles. The summed E-state index contributed by atoms with van der Waals surface area (Å²) in [6, 6.07) is 9.17. The zero-order valence-electron chi connectivity index (χ0n) is 9.17. The Morgan fingerprint density at radius 1 is 1.24 bits per heavy atom. The van der Waals surface area contributed by atoms with Crippen molar-refractivity contribution >= 4 is 39.9 Å². The normalized spacial score (nSPS) is 10.5. The molecule has 0 saturated carbocycles. The molecule has 0 aromatic heterocycles. The summed E-state index contributed by atoms with van der Waals surface area (Å²) in [6.07, 6.45) is 0.175. The molecule has 0 bridgehead atoms. The first kappa shape index (κ1) is 12.2. The summed E-state index contributed by atoms with van der Waals surface area (Å²) in [6.45, 7) is 0. The van der Waals surface area contributed by atoms with E-state index >= 15 is 0 Å². The van der Waals surface area contributed by atoms with Gasteiger partial charge in [0, 0.05) is 10.4 Å². The number of halogens is 2. The van der Waals surface area contributed by atoms with Crippen molar-refractivity contribution in [2.24, 2.45) is 0 Å². The number of methoxy groups -OCH3 is 1. The van der Waals surface area contributed by atoms with Crippen LogP contribution in [0, 0.1) is 0 Å². The molecule has 0 unspecified atom stereocenters. The monoisotopic (exact) mass is 268 g/mol. The highest BCUT2D eigenvalue weighted by Gasteiger charge is 2.10. The predicted octanol–water partition coefficient (Wildman–Crippen LogP) is 3.86. The minimum atomic E-state index is -0.305. The molecule has 0 fully saturated rings. The zero-order valence-corrected chi connectivity index (χ0v) is 10.7. The van der Waals surface area contributed by atoms with Gasteiger partial charge < -0.3 is 4.74 Å². The number of fused-ring (bicyclic) bond motifs is 1. The number of rotatable bonds is 2. The molecule has 0 heterocycles. The molecule has 2 nitrogen and oxygen atoms in total. The average molecular weight is 269 g/mol. The van der Waals surface area contributed by atoms with E-state index in [1.165, 1.54) is 7.11 Å². The van der Waals surface area contributed by atoms with Crippen molar-refractivity contribution in [3.8, 4) is 0 Å². The Balaban J connectivity index is 2.50. The maximum Gasteiger partial charge on any atom is 0.310 e. The first-order valence-electron chi connectivity index (χ1n) is 5.05. The molecule has 4 heteroatoms. The van der Waals surface area contributed by atoms with E-state index in [4.69, 9.17) is 23.2 Å². The van der Waals surface area contributed by atoms with Gasteiger partial charge in [-0.25, -0.2) is 0 Å². The van der Waals surface area contributed by atoms with Crippen LogP contribution in [0.2, 0.25) is 10.0 Å². The van der Waals surface area contributed by atoms with Crippen LogP contribution in [0.25, 0.3) is 10.8 Å². The number of benzene rings is 2. The number of carbonyl (C=O) groups excluding carboxylic acids is 1. The molecule has 0 spiro atoms. The van der Waals surface area contributed by atoms with E-state index in [1.54, 1.807) is 6.07 Å². The van der Waals surface area contributed by atoms with E-state index in [1.807, 2.05) is 24.3 Å². The number of esters is 1. The highest BCUT2D eigenvalue weighted by atomic mass is 35.5. The van der Waals surface area contributed by atoms with Gasteiger partial charge in [-0.3, -0.25) is 4.79 Å². The van der Waals surface area contributed by atoms with Crippen molar-refractivity contribution in [3.05, 3.63) is 45.9 Å². The average Bonchev–Trinajstić information content (AvgIpc) is 2.32. The zero-order chi connectivity index (χ0) is 12.4. The molecule has 0 radical (unpaired) electrons. The molecule has 17 heavy (non-hydrogen) atoms. The van der Waals surface area contributed by atoms with Crippen LogP contribution in [-0.2, 0) is 16.0 Å². The van der Waals surface area contributed by atoms with E-state index in [0.717, 1.165) is 16.3 Å². The van der Waals surface area contributed by atoms with Crippen LogP contribution in [0.1, 0.15) is 5.56 Å². The maximum absolute atomic E-state index is 11.2. The molecular formula is C13H10Cl2O2. The van der Waals surface area contributed by atoms with E-state index in [0.29, 0.717) is 10.0 Å². The fourth-order valence-electron chi connectivity index (χ4n) is 1.67. The van der Waals surface area contributed by atoms with Gasteiger partial charge in [0.15, 0.2) is 0 Å². The van der Waals surface area contributed by atoms with Gasteiger partial charge >= 0.3 is 5.97 Å². The lowest BCUT2D eigenvalue weighted by molar-refractivity contribution is -0.139. The van der Waals surface area contributed by atoms with Crippen molar-refractivity contribution in [2.45, 2.75) is 6.42 Å². The van der Waals surface area contributed by atoms with Crippen molar-refractivity contribution in [1.29, 1.82) is 0 Å². The van der Waals surface area contributed by atoms with Gasteiger partial charge in [-0.05, 0) is 23.1 Å². The Morgan fingerprint density at radius 2 is 2.00 bits per heavy atom. The third-order valence-electron chi connectivity index (χ3n) is 2.56. The SMILES string of the molecule is COC(=O)Cc1ccc2cc(Cl)ccc2c1Cl. The standard InChI is InChI=1S/C13H10Cl2O2/c1-17-12(16)7-9-3-2-8-6-10(14)4-5-11(8)13(9)15/h2-6H,7H2,1H3. The molecule has 88 valence electrons. The summed E-state index contributed by atoms with van der Waals surface area (Å²) < 4.78 is 4.62. The van der Waals surface area contributed by atoms with E-state index < -0.39 is 0 Å². The van der Waals surface area contributed by atoms with Gasteiger partial charge in [0.05, 0.1) is 18.6 Å². The van der Waals surface area contributed by atoms with Crippen LogP contribution in [0.15, 0.2) is 30.3 Å². The summed E-state index contributed by atoms with van der Waals surface area (Å²) in [5, 5.41) is 3.08. The van der Waals surface area contributed by atoms with E-state index in [9.17, 15) is 4.79 Å². The second-order valence-corrected chi connectivity index (χ2v) is 4.47. The summed E-state index contributed by atoms with van der Waals surface area (Å²) in [5.41, 5.74) is 0.758. The van der Waals surface area contributed by atoms with Crippen molar-refractivity contribution in [2.75, 3.05) is 7.11 Å². The van der Waals surface area contributed by atoms with Gasteiger partial charge in [0.25, 0.3) is 0 Å². The molecule has 0 atom stereocenters. The second kappa shape index (κ2) is 4.94. The highest BCUT2D eigenvalue weighted by molar-refractivity contribution is 6.37. The fraction of sp³-hybridized carbons (Fsp3) is 0.154. The Hall–Kier alpha value is -1.25. The second-order valence-electron chi connectivity index (χ2n) is 3.66.